The molecule has 0 fully saturated rings. The molecule has 0 aliphatic carbocycles. The Morgan fingerprint density at radius 2 is 1.94 bits per heavy atom. The van der Waals surface area contributed by atoms with Crippen LogP contribution in [0.4, 0.5) is 0 Å². The van der Waals surface area contributed by atoms with E-state index in [4.69, 9.17) is 4.74 Å². The Hall–Kier alpha value is -0.830. The van der Waals surface area contributed by atoms with Crippen LogP contribution in [0.15, 0.2) is 12.7 Å². The van der Waals surface area contributed by atoms with Crippen molar-refractivity contribution in [3.8, 4) is 0 Å². The lowest BCUT2D eigenvalue weighted by atomic mass is 9.87. The van der Waals surface area contributed by atoms with E-state index in [0.29, 0.717) is 0 Å². The molecule has 17 heavy (non-hydrogen) atoms. The average Bonchev–Trinajstić information content (AvgIpc) is 2.36. The smallest absolute Gasteiger partial charge is 0.331 e. The van der Waals surface area contributed by atoms with Gasteiger partial charge in [-0.1, -0.05) is 40.7 Å². The maximum absolute atomic E-state index is 11.2. The van der Waals surface area contributed by atoms with E-state index < -0.39 is 0 Å². The Morgan fingerprint density at radius 1 is 1.35 bits per heavy atom. The molecule has 0 aliphatic rings. The second kappa shape index (κ2) is 8.29. The molecule has 0 heterocycles. The van der Waals surface area contributed by atoms with Crippen LogP contribution in [0, 0.1) is 0 Å². The Balaban J connectivity index is 4.57. The van der Waals surface area contributed by atoms with Gasteiger partial charge in [-0.05, 0) is 25.7 Å². The van der Waals surface area contributed by atoms with E-state index in [9.17, 15) is 4.79 Å². The van der Waals surface area contributed by atoms with Crippen molar-refractivity contribution in [3.63, 3.8) is 0 Å². The predicted octanol–water partition coefficient (Wildman–Crippen LogP) is 3.40. The van der Waals surface area contributed by atoms with Crippen molar-refractivity contribution < 1.29 is 9.53 Å². The summed E-state index contributed by atoms with van der Waals surface area (Å²) >= 11 is 0. The zero-order valence-electron chi connectivity index (χ0n) is 11.7. The summed E-state index contributed by atoms with van der Waals surface area (Å²) in [6.07, 6.45) is 6.07. The molecule has 0 aliphatic heterocycles. The van der Waals surface area contributed by atoms with Gasteiger partial charge in [0, 0.05) is 11.6 Å². The molecule has 0 bridgehead atoms. The Labute approximate surface area is 106 Å². The third-order valence-electron chi connectivity index (χ3n) is 3.35. The van der Waals surface area contributed by atoms with Crippen molar-refractivity contribution in [1.29, 1.82) is 0 Å². The normalized spacial score (nSPS) is 13.2. The van der Waals surface area contributed by atoms with Gasteiger partial charge in [-0.2, -0.15) is 0 Å². The highest BCUT2D eigenvalue weighted by Crippen LogP contribution is 2.23. The van der Waals surface area contributed by atoms with Crippen LogP contribution in [0.25, 0.3) is 0 Å². The standard InChI is InChI=1S/C14H27NO2/c1-6-11-14(9-4,10-5)15-12(7-2)17-13(16)8-3/h8,12,15H,3,6-7,9-11H2,1-2,4-5H3. The van der Waals surface area contributed by atoms with Crippen LogP contribution in [-0.4, -0.2) is 17.7 Å². The van der Waals surface area contributed by atoms with E-state index in [-0.39, 0.29) is 17.7 Å². The molecule has 0 saturated heterocycles. The SMILES string of the molecule is C=CC(=O)OC(CC)NC(CC)(CC)CCC. The van der Waals surface area contributed by atoms with Crippen LogP contribution in [-0.2, 0) is 9.53 Å². The zero-order valence-corrected chi connectivity index (χ0v) is 11.7. The molecule has 0 spiro atoms. The first-order chi connectivity index (χ1) is 8.07. The third-order valence-corrected chi connectivity index (χ3v) is 3.35. The van der Waals surface area contributed by atoms with Crippen molar-refractivity contribution in [1.82, 2.24) is 5.32 Å². The van der Waals surface area contributed by atoms with E-state index in [1.165, 1.54) is 6.08 Å². The quantitative estimate of drug-likeness (QED) is 0.382. The van der Waals surface area contributed by atoms with Crippen molar-refractivity contribution in [2.75, 3.05) is 0 Å². The van der Waals surface area contributed by atoms with Gasteiger partial charge in [0.1, 0.15) is 0 Å². The highest BCUT2D eigenvalue weighted by molar-refractivity contribution is 5.81. The topological polar surface area (TPSA) is 38.3 Å². The largest absolute Gasteiger partial charge is 0.443 e. The summed E-state index contributed by atoms with van der Waals surface area (Å²) in [7, 11) is 0. The van der Waals surface area contributed by atoms with Gasteiger partial charge in [0.25, 0.3) is 0 Å². The number of carbonyl (C=O) groups is 1. The van der Waals surface area contributed by atoms with Crippen molar-refractivity contribution >= 4 is 5.97 Å². The van der Waals surface area contributed by atoms with Gasteiger partial charge in [0.05, 0.1) is 0 Å². The summed E-state index contributed by atoms with van der Waals surface area (Å²) in [5, 5.41) is 3.49. The molecule has 1 N–H and O–H groups in total. The zero-order chi connectivity index (χ0) is 13.3. The van der Waals surface area contributed by atoms with Gasteiger partial charge >= 0.3 is 5.97 Å². The first-order valence-electron chi connectivity index (χ1n) is 6.68. The molecule has 1 atom stereocenters. The molecule has 0 aromatic heterocycles. The van der Waals surface area contributed by atoms with Crippen molar-refractivity contribution in [3.05, 3.63) is 12.7 Å². The number of ether oxygens (including phenoxy) is 1. The van der Waals surface area contributed by atoms with Crippen molar-refractivity contribution in [2.24, 2.45) is 0 Å². The number of carbonyl (C=O) groups excluding carboxylic acids is 1. The Kier molecular flexibility index (Phi) is 7.88. The Bertz CT molecular complexity index is 234. The minimum atomic E-state index is -0.359. The molecule has 0 aromatic carbocycles. The minimum Gasteiger partial charge on any atom is -0.443 e. The molecular formula is C14H27NO2. The molecule has 0 aromatic rings. The fourth-order valence-corrected chi connectivity index (χ4v) is 2.10. The lowest BCUT2D eigenvalue weighted by molar-refractivity contribution is -0.146. The highest BCUT2D eigenvalue weighted by atomic mass is 16.6. The number of rotatable bonds is 9. The summed E-state index contributed by atoms with van der Waals surface area (Å²) in [5.41, 5.74) is 0.0802. The van der Waals surface area contributed by atoms with Gasteiger partial charge in [0.2, 0.25) is 0 Å². The maximum Gasteiger partial charge on any atom is 0.331 e. The van der Waals surface area contributed by atoms with E-state index in [1.807, 2.05) is 6.92 Å². The summed E-state index contributed by atoms with van der Waals surface area (Å²) in [4.78, 5) is 11.2. The molecule has 3 heteroatoms. The molecule has 1 unspecified atom stereocenters. The van der Waals surface area contributed by atoms with Gasteiger partial charge in [-0.25, -0.2) is 4.79 Å². The molecule has 0 amide bonds. The second-order valence-electron chi connectivity index (χ2n) is 4.42. The minimum absolute atomic E-state index is 0.0802. The first-order valence-corrected chi connectivity index (χ1v) is 6.68. The van der Waals surface area contributed by atoms with E-state index in [0.717, 1.165) is 32.1 Å². The van der Waals surface area contributed by atoms with Crippen LogP contribution in [0.5, 0.6) is 0 Å². The van der Waals surface area contributed by atoms with E-state index >= 15 is 0 Å². The Morgan fingerprint density at radius 3 is 2.29 bits per heavy atom. The van der Waals surface area contributed by atoms with Crippen LogP contribution in [0.2, 0.25) is 0 Å². The molecular weight excluding hydrogens is 214 g/mol. The number of nitrogens with one attached hydrogen (secondary N) is 1. The average molecular weight is 241 g/mol. The summed E-state index contributed by atoms with van der Waals surface area (Å²) in [6, 6.07) is 0. The molecule has 0 saturated carbocycles. The number of hydrogen-bond donors (Lipinski definition) is 1. The van der Waals surface area contributed by atoms with Gasteiger partial charge in [-0.3, -0.25) is 5.32 Å². The predicted molar refractivity (Wildman–Crippen MR) is 71.7 cm³/mol. The fourth-order valence-electron chi connectivity index (χ4n) is 2.10. The third kappa shape index (κ3) is 5.35. The van der Waals surface area contributed by atoms with Gasteiger partial charge < -0.3 is 4.74 Å². The summed E-state index contributed by atoms with van der Waals surface area (Å²) in [5.74, 6) is -0.359. The number of esters is 1. The van der Waals surface area contributed by atoms with E-state index in [2.05, 4.69) is 32.7 Å². The molecule has 3 nitrogen and oxygen atoms in total. The van der Waals surface area contributed by atoms with Crippen LogP contribution < -0.4 is 5.32 Å². The lowest BCUT2D eigenvalue weighted by Gasteiger charge is -2.36. The number of hydrogen-bond acceptors (Lipinski definition) is 3. The summed E-state index contributed by atoms with van der Waals surface area (Å²) < 4.78 is 5.29. The molecule has 0 radical (unpaired) electrons. The monoisotopic (exact) mass is 241 g/mol. The van der Waals surface area contributed by atoms with Crippen LogP contribution in [0.1, 0.15) is 59.8 Å². The molecule has 0 rings (SSSR count). The summed E-state index contributed by atoms with van der Waals surface area (Å²) in [6.45, 7) is 12.0. The van der Waals surface area contributed by atoms with Crippen molar-refractivity contribution in [2.45, 2.75) is 71.6 Å². The molecule has 100 valence electrons. The fraction of sp³-hybridized carbons (Fsp3) is 0.786. The first kappa shape index (κ1) is 16.2. The van der Waals surface area contributed by atoms with Crippen LogP contribution >= 0.6 is 0 Å². The van der Waals surface area contributed by atoms with Crippen LogP contribution in [0.3, 0.4) is 0 Å². The van der Waals surface area contributed by atoms with Gasteiger partial charge in [0.15, 0.2) is 6.23 Å². The maximum atomic E-state index is 11.2. The lowest BCUT2D eigenvalue weighted by Crippen LogP contribution is -2.50. The second-order valence-corrected chi connectivity index (χ2v) is 4.42. The highest BCUT2D eigenvalue weighted by Gasteiger charge is 2.28. The van der Waals surface area contributed by atoms with E-state index in [1.54, 1.807) is 0 Å². The van der Waals surface area contributed by atoms with Gasteiger partial charge in [-0.15, -0.1) is 0 Å².